The molecule has 0 unspecified atom stereocenters. The fraction of sp³-hybridized carbons (Fsp3) is 0.556. The van der Waals surface area contributed by atoms with E-state index in [4.69, 9.17) is 17.3 Å². The Morgan fingerprint density at radius 2 is 1.62 bits per heavy atom. The zero-order valence-electron chi connectivity index (χ0n) is 21.3. The Morgan fingerprint density at radius 1 is 1.03 bits per heavy atom. The van der Waals surface area contributed by atoms with Crippen LogP contribution in [-0.2, 0) is 4.79 Å². The van der Waals surface area contributed by atoms with Crippen molar-refractivity contribution in [1.29, 1.82) is 0 Å². The third-order valence-electron chi connectivity index (χ3n) is 7.28. The Labute approximate surface area is 227 Å². The smallest absolute Gasteiger partial charge is 0.273 e. The van der Waals surface area contributed by atoms with Crippen LogP contribution in [0.25, 0.3) is 0 Å². The van der Waals surface area contributed by atoms with Crippen molar-refractivity contribution >= 4 is 52.2 Å². The zero-order valence-corrected chi connectivity index (χ0v) is 22.9. The predicted octanol–water partition coefficient (Wildman–Crippen LogP) is 5.32. The van der Waals surface area contributed by atoms with E-state index < -0.39 is 11.9 Å². The Hall–Kier alpha value is -2.65. The maximum absolute atomic E-state index is 14.0. The summed E-state index contributed by atoms with van der Waals surface area (Å²) < 4.78 is 4.26. The number of carbonyl (C=O) groups is 3. The summed E-state index contributed by atoms with van der Waals surface area (Å²) in [4.78, 5) is 42.1. The molecule has 2 aromatic rings. The van der Waals surface area contributed by atoms with Gasteiger partial charge in [0.1, 0.15) is 10.9 Å². The van der Waals surface area contributed by atoms with Crippen molar-refractivity contribution in [2.45, 2.75) is 95.7 Å². The van der Waals surface area contributed by atoms with E-state index in [2.05, 4.69) is 15.0 Å². The Kier molecular flexibility index (Phi) is 9.43. The van der Waals surface area contributed by atoms with E-state index in [0.717, 1.165) is 62.9 Å². The molecule has 0 aliphatic heterocycles. The third kappa shape index (κ3) is 6.62. The molecule has 1 aromatic heterocycles. The van der Waals surface area contributed by atoms with Crippen LogP contribution in [0.2, 0.25) is 5.02 Å². The van der Waals surface area contributed by atoms with Gasteiger partial charge in [0.25, 0.3) is 11.8 Å². The molecule has 2 saturated carbocycles. The molecule has 1 atom stereocenters. The molecule has 0 radical (unpaired) electrons. The van der Waals surface area contributed by atoms with Crippen LogP contribution >= 0.6 is 23.1 Å². The van der Waals surface area contributed by atoms with Crippen molar-refractivity contribution in [3.05, 3.63) is 39.9 Å². The number of benzene rings is 1. The molecule has 1 aromatic carbocycles. The standard InChI is InChI=1S/C27H36ClN5O3S/c1-2-8-21(25(34)30-18-11-6-7-12-18)33(20-15-13-17(28)14-16-20)27(36)24-22(29)23(32-37-24)26(35)31-19-9-4-3-5-10-19/h13-16,18-19,21H,2-12,29H2,1H3,(H,30,34)(H,31,35)/t21-/m1/s1. The van der Waals surface area contributed by atoms with E-state index in [1.54, 1.807) is 24.3 Å². The molecule has 1 heterocycles. The summed E-state index contributed by atoms with van der Waals surface area (Å²) in [5, 5.41) is 6.69. The largest absolute Gasteiger partial charge is 0.395 e. The van der Waals surface area contributed by atoms with Crippen molar-refractivity contribution in [2.75, 3.05) is 10.6 Å². The highest BCUT2D eigenvalue weighted by atomic mass is 35.5. The van der Waals surface area contributed by atoms with E-state index in [-0.39, 0.29) is 40.2 Å². The number of carbonyl (C=O) groups excluding carboxylic acids is 3. The summed E-state index contributed by atoms with van der Waals surface area (Å²) >= 11 is 7.01. The number of aromatic nitrogens is 1. The monoisotopic (exact) mass is 545 g/mol. The zero-order chi connectivity index (χ0) is 26.4. The Bertz CT molecular complexity index is 1090. The SMILES string of the molecule is CCC[C@H](C(=O)NC1CCCC1)N(C(=O)c1snc(C(=O)NC2CCCCC2)c1N)c1ccc(Cl)cc1. The molecule has 0 spiro atoms. The lowest BCUT2D eigenvalue weighted by Crippen LogP contribution is -2.51. The van der Waals surface area contributed by atoms with Crippen molar-refractivity contribution in [1.82, 2.24) is 15.0 Å². The van der Waals surface area contributed by atoms with E-state index in [9.17, 15) is 14.4 Å². The van der Waals surface area contributed by atoms with Crippen LogP contribution in [0.15, 0.2) is 24.3 Å². The Morgan fingerprint density at radius 3 is 2.24 bits per heavy atom. The van der Waals surface area contributed by atoms with E-state index >= 15 is 0 Å². The van der Waals surface area contributed by atoms with Gasteiger partial charge in [0.15, 0.2) is 5.69 Å². The number of amides is 3. The van der Waals surface area contributed by atoms with Crippen LogP contribution in [0.4, 0.5) is 11.4 Å². The second-order valence-electron chi connectivity index (χ2n) is 10.0. The maximum atomic E-state index is 14.0. The lowest BCUT2D eigenvalue weighted by Gasteiger charge is -2.31. The van der Waals surface area contributed by atoms with Crippen molar-refractivity contribution in [2.24, 2.45) is 0 Å². The molecule has 2 aliphatic rings. The first-order valence-corrected chi connectivity index (χ1v) is 14.5. The summed E-state index contributed by atoms with van der Waals surface area (Å²) in [7, 11) is 0. The van der Waals surface area contributed by atoms with Crippen LogP contribution in [0.1, 0.15) is 97.7 Å². The molecule has 8 nitrogen and oxygen atoms in total. The number of halogens is 1. The minimum atomic E-state index is -0.736. The molecule has 3 amide bonds. The number of hydrogen-bond acceptors (Lipinski definition) is 6. The quantitative estimate of drug-likeness (QED) is 0.394. The molecule has 4 rings (SSSR count). The highest BCUT2D eigenvalue weighted by Gasteiger charge is 2.35. The lowest BCUT2D eigenvalue weighted by atomic mass is 9.95. The number of nitrogens with two attached hydrogens (primary N) is 1. The predicted molar refractivity (Wildman–Crippen MR) is 148 cm³/mol. The van der Waals surface area contributed by atoms with Gasteiger partial charge >= 0.3 is 0 Å². The van der Waals surface area contributed by atoms with Gasteiger partial charge in [-0.2, -0.15) is 4.37 Å². The molecular formula is C27H36ClN5O3S. The number of rotatable bonds is 9. The fourth-order valence-electron chi connectivity index (χ4n) is 5.28. The van der Waals surface area contributed by atoms with E-state index in [0.29, 0.717) is 23.6 Å². The summed E-state index contributed by atoms with van der Waals surface area (Å²) in [6, 6.07) is 6.31. The average Bonchev–Trinajstić information content (AvgIpc) is 3.54. The lowest BCUT2D eigenvalue weighted by molar-refractivity contribution is -0.123. The van der Waals surface area contributed by atoms with E-state index in [1.165, 1.54) is 11.3 Å². The van der Waals surface area contributed by atoms with E-state index in [1.807, 2.05) is 6.92 Å². The first-order chi connectivity index (χ1) is 17.9. The molecule has 0 bridgehead atoms. The van der Waals surface area contributed by atoms with Gasteiger partial charge in [0.05, 0.1) is 5.69 Å². The highest BCUT2D eigenvalue weighted by molar-refractivity contribution is 7.09. The molecule has 4 N–H and O–H groups in total. The summed E-state index contributed by atoms with van der Waals surface area (Å²) in [6.07, 6.45) is 10.4. The maximum Gasteiger partial charge on any atom is 0.273 e. The number of nitrogens with zero attached hydrogens (tertiary/aromatic N) is 2. The normalized spacial score (nSPS) is 17.4. The molecule has 37 heavy (non-hydrogen) atoms. The van der Waals surface area contributed by atoms with Crippen molar-refractivity contribution in [3.63, 3.8) is 0 Å². The summed E-state index contributed by atoms with van der Waals surface area (Å²) in [5.41, 5.74) is 7.00. The van der Waals surface area contributed by atoms with Gasteiger partial charge in [0, 0.05) is 22.8 Å². The summed E-state index contributed by atoms with van der Waals surface area (Å²) in [6.45, 7) is 1.98. The average molecular weight is 546 g/mol. The van der Waals surface area contributed by atoms with Crippen LogP contribution in [0.3, 0.4) is 0 Å². The fourth-order valence-corrected chi connectivity index (χ4v) is 6.15. The van der Waals surface area contributed by atoms with Gasteiger partial charge in [-0.1, -0.05) is 57.0 Å². The van der Waals surface area contributed by atoms with Crippen LogP contribution in [0, 0.1) is 0 Å². The Balaban J connectivity index is 1.62. The third-order valence-corrected chi connectivity index (χ3v) is 8.38. The van der Waals surface area contributed by atoms with Crippen molar-refractivity contribution < 1.29 is 14.4 Å². The second kappa shape index (κ2) is 12.7. The van der Waals surface area contributed by atoms with Gasteiger partial charge in [-0.25, -0.2) is 0 Å². The van der Waals surface area contributed by atoms with Gasteiger partial charge < -0.3 is 16.4 Å². The summed E-state index contributed by atoms with van der Waals surface area (Å²) in [5.74, 6) is -0.994. The molecule has 10 heteroatoms. The number of hydrogen-bond donors (Lipinski definition) is 3. The highest BCUT2D eigenvalue weighted by Crippen LogP contribution is 2.30. The first kappa shape index (κ1) is 27.4. The number of nitrogen functional groups attached to an aromatic ring is 1. The number of nitrogens with one attached hydrogen (secondary N) is 2. The minimum Gasteiger partial charge on any atom is -0.395 e. The molecule has 2 aliphatic carbocycles. The van der Waals surface area contributed by atoms with Crippen LogP contribution < -0.4 is 21.3 Å². The molecule has 200 valence electrons. The second-order valence-corrected chi connectivity index (χ2v) is 11.2. The van der Waals surface area contributed by atoms with Gasteiger partial charge in [0.2, 0.25) is 5.91 Å². The molecular weight excluding hydrogens is 510 g/mol. The molecule has 2 fully saturated rings. The molecule has 0 saturated heterocycles. The van der Waals surface area contributed by atoms with Gasteiger partial charge in [-0.3, -0.25) is 19.3 Å². The number of anilines is 2. The topological polar surface area (TPSA) is 117 Å². The van der Waals surface area contributed by atoms with Crippen LogP contribution in [0.5, 0.6) is 0 Å². The first-order valence-electron chi connectivity index (χ1n) is 13.3. The van der Waals surface area contributed by atoms with Gasteiger partial charge in [-0.15, -0.1) is 0 Å². The van der Waals surface area contributed by atoms with Crippen molar-refractivity contribution in [3.8, 4) is 0 Å². The minimum absolute atomic E-state index is 0.0497. The van der Waals surface area contributed by atoms with Gasteiger partial charge in [-0.05, 0) is 67.9 Å². The van der Waals surface area contributed by atoms with Crippen LogP contribution in [-0.4, -0.2) is 40.2 Å².